The quantitative estimate of drug-likeness (QED) is 0.866. The standard InChI is InChI=1S/C16H28N2O3/c1-16(20-10-11-21-16)14-6-3-9-18(12-14)15(19)17-8-7-13-4-2-5-13/h13-14H,2-12H2,1H3,(H,17,19). The molecule has 0 aromatic carbocycles. The van der Waals surface area contributed by atoms with Gasteiger partial charge in [0.25, 0.3) is 0 Å². The first-order valence-electron chi connectivity index (χ1n) is 8.48. The van der Waals surface area contributed by atoms with Crippen molar-refractivity contribution in [3.63, 3.8) is 0 Å². The minimum Gasteiger partial charge on any atom is -0.347 e. The van der Waals surface area contributed by atoms with Crippen molar-refractivity contribution in [2.45, 2.75) is 51.2 Å². The maximum Gasteiger partial charge on any atom is 0.317 e. The molecule has 3 aliphatic rings. The van der Waals surface area contributed by atoms with Gasteiger partial charge in [-0.25, -0.2) is 4.79 Å². The molecule has 2 heterocycles. The van der Waals surface area contributed by atoms with Gasteiger partial charge in [0.2, 0.25) is 0 Å². The molecule has 5 heteroatoms. The Bertz CT molecular complexity index is 365. The number of ether oxygens (including phenoxy) is 2. The second-order valence-corrected chi connectivity index (χ2v) is 6.82. The predicted octanol–water partition coefficient (Wildman–Crippen LogP) is 2.36. The molecule has 5 nitrogen and oxygen atoms in total. The van der Waals surface area contributed by atoms with Crippen LogP contribution in [0.3, 0.4) is 0 Å². The number of carbonyl (C=O) groups excluding carboxylic acids is 1. The Kier molecular flexibility index (Phi) is 4.69. The summed E-state index contributed by atoms with van der Waals surface area (Å²) in [5, 5.41) is 3.08. The second kappa shape index (κ2) is 6.53. The molecule has 2 amide bonds. The number of nitrogens with one attached hydrogen (secondary N) is 1. The van der Waals surface area contributed by atoms with Crippen LogP contribution in [-0.2, 0) is 9.47 Å². The molecule has 0 radical (unpaired) electrons. The first kappa shape index (κ1) is 15.1. The molecule has 1 atom stereocenters. The summed E-state index contributed by atoms with van der Waals surface area (Å²) in [6, 6.07) is 0.0839. The molecule has 3 rings (SSSR count). The highest BCUT2D eigenvalue weighted by Gasteiger charge is 2.42. The Hall–Kier alpha value is -0.810. The fraction of sp³-hybridized carbons (Fsp3) is 0.938. The van der Waals surface area contributed by atoms with Gasteiger partial charge in [-0.2, -0.15) is 0 Å². The third-order valence-corrected chi connectivity index (χ3v) is 5.36. The maximum absolute atomic E-state index is 12.3. The van der Waals surface area contributed by atoms with Gasteiger partial charge in [0.1, 0.15) is 0 Å². The topological polar surface area (TPSA) is 50.8 Å². The number of likely N-dealkylation sites (tertiary alicyclic amines) is 1. The number of nitrogens with zero attached hydrogens (tertiary/aromatic N) is 1. The monoisotopic (exact) mass is 296 g/mol. The number of piperidine rings is 1. The summed E-state index contributed by atoms with van der Waals surface area (Å²) < 4.78 is 11.5. The van der Waals surface area contributed by atoms with Crippen molar-refractivity contribution in [1.29, 1.82) is 0 Å². The van der Waals surface area contributed by atoms with Crippen LogP contribution in [-0.4, -0.2) is 49.6 Å². The van der Waals surface area contributed by atoms with Crippen LogP contribution >= 0.6 is 0 Å². The van der Waals surface area contributed by atoms with Crippen LogP contribution in [0.5, 0.6) is 0 Å². The first-order valence-corrected chi connectivity index (χ1v) is 8.48. The van der Waals surface area contributed by atoms with Gasteiger partial charge >= 0.3 is 6.03 Å². The number of urea groups is 1. The minimum atomic E-state index is -0.495. The largest absolute Gasteiger partial charge is 0.347 e. The number of hydrogen-bond acceptors (Lipinski definition) is 3. The summed E-state index contributed by atoms with van der Waals surface area (Å²) in [4.78, 5) is 14.2. The lowest BCUT2D eigenvalue weighted by molar-refractivity contribution is -0.189. The lowest BCUT2D eigenvalue weighted by Crippen LogP contribution is -2.51. The summed E-state index contributed by atoms with van der Waals surface area (Å²) in [5.74, 6) is 0.634. The molecule has 1 N–H and O–H groups in total. The Morgan fingerprint density at radius 3 is 2.67 bits per heavy atom. The SMILES string of the molecule is CC1(C2CCCN(C(=O)NCCC3CCC3)C2)OCCO1. The van der Waals surface area contributed by atoms with Crippen molar-refractivity contribution >= 4 is 6.03 Å². The Morgan fingerprint density at radius 2 is 2.00 bits per heavy atom. The van der Waals surface area contributed by atoms with Crippen molar-refractivity contribution in [3.8, 4) is 0 Å². The van der Waals surface area contributed by atoms with Gasteiger partial charge in [0, 0.05) is 25.6 Å². The van der Waals surface area contributed by atoms with Gasteiger partial charge in [-0.1, -0.05) is 19.3 Å². The molecule has 21 heavy (non-hydrogen) atoms. The fourth-order valence-electron chi connectivity index (χ4n) is 3.63. The first-order chi connectivity index (χ1) is 10.2. The number of hydrogen-bond donors (Lipinski definition) is 1. The zero-order chi connectivity index (χ0) is 14.7. The van der Waals surface area contributed by atoms with E-state index in [9.17, 15) is 4.79 Å². The molecule has 3 fully saturated rings. The smallest absolute Gasteiger partial charge is 0.317 e. The predicted molar refractivity (Wildman–Crippen MR) is 80.0 cm³/mol. The van der Waals surface area contributed by atoms with Crippen molar-refractivity contribution in [1.82, 2.24) is 10.2 Å². The summed E-state index contributed by atoms with van der Waals surface area (Å²) in [7, 11) is 0. The van der Waals surface area contributed by atoms with Gasteiger partial charge in [-0.3, -0.25) is 0 Å². The van der Waals surface area contributed by atoms with E-state index in [4.69, 9.17) is 9.47 Å². The highest BCUT2D eigenvalue weighted by atomic mass is 16.7. The maximum atomic E-state index is 12.3. The van der Waals surface area contributed by atoms with Gasteiger partial charge in [0.05, 0.1) is 13.2 Å². The lowest BCUT2D eigenvalue weighted by atomic mass is 9.83. The molecule has 2 saturated heterocycles. The van der Waals surface area contributed by atoms with Gasteiger partial charge in [0.15, 0.2) is 5.79 Å². The summed E-state index contributed by atoms with van der Waals surface area (Å²) in [5.41, 5.74) is 0. The third-order valence-electron chi connectivity index (χ3n) is 5.36. The van der Waals surface area contributed by atoms with Crippen LogP contribution in [0.4, 0.5) is 4.79 Å². The van der Waals surface area contributed by atoms with E-state index >= 15 is 0 Å². The Morgan fingerprint density at radius 1 is 1.24 bits per heavy atom. The van der Waals surface area contributed by atoms with Crippen molar-refractivity contribution in [3.05, 3.63) is 0 Å². The van der Waals surface area contributed by atoms with E-state index in [2.05, 4.69) is 5.32 Å². The van der Waals surface area contributed by atoms with E-state index in [1.54, 1.807) is 0 Å². The summed E-state index contributed by atoms with van der Waals surface area (Å²) in [6.45, 7) is 5.76. The van der Waals surface area contributed by atoms with E-state index in [0.717, 1.165) is 44.8 Å². The number of rotatable bonds is 4. The number of carbonyl (C=O) groups is 1. The third kappa shape index (κ3) is 3.51. The van der Waals surface area contributed by atoms with Crippen LogP contribution in [0.25, 0.3) is 0 Å². The van der Waals surface area contributed by atoms with Crippen LogP contribution < -0.4 is 5.32 Å². The van der Waals surface area contributed by atoms with Gasteiger partial charge < -0.3 is 19.7 Å². The minimum absolute atomic E-state index is 0.0839. The fourth-order valence-corrected chi connectivity index (χ4v) is 3.63. The molecule has 0 aromatic rings. The van der Waals surface area contributed by atoms with Crippen molar-refractivity contribution < 1.29 is 14.3 Å². The molecule has 1 unspecified atom stereocenters. The van der Waals surface area contributed by atoms with Crippen molar-refractivity contribution in [2.75, 3.05) is 32.8 Å². The average molecular weight is 296 g/mol. The van der Waals surface area contributed by atoms with Crippen LogP contribution in [0, 0.1) is 11.8 Å². The van der Waals surface area contributed by atoms with Crippen molar-refractivity contribution in [2.24, 2.45) is 11.8 Å². The van der Waals surface area contributed by atoms with Gasteiger partial charge in [-0.05, 0) is 32.1 Å². The van der Waals surface area contributed by atoms with Crippen LogP contribution in [0.2, 0.25) is 0 Å². The normalized spacial score (nSPS) is 29.2. The zero-order valence-corrected chi connectivity index (χ0v) is 13.1. The molecule has 0 bridgehead atoms. The lowest BCUT2D eigenvalue weighted by Gasteiger charge is -2.39. The van der Waals surface area contributed by atoms with Crippen LogP contribution in [0.1, 0.15) is 45.4 Å². The summed E-state index contributed by atoms with van der Waals surface area (Å²) >= 11 is 0. The molecule has 2 aliphatic heterocycles. The second-order valence-electron chi connectivity index (χ2n) is 6.82. The molecular weight excluding hydrogens is 268 g/mol. The molecule has 0 aromatic heterocycles. The van der Waals surface area contributed by atoms with E-state index in [-0.39, 0.29) is 11.9 Å². The zero-order valence-electron chi connectivity index (χ0n) is 13.1. The van der Waals surface area contributed by atoms with E-state index < -0.39 is 5.79 Å². The molecular formula is C16H28N2O3. The average Bonchev–Trinajstić information content (AvgIpc) is 2.90. The Labute approximate surface area is 127 Å². The number of amides is 2. The van der Waals surface area contributed by atoms with Gasteiger partial charge in [-0.15, -0.1) is 0 Å². The highest BCUT2D eigenvalue weighted by molar-refractivity contribution is 5.74. The molecule has 120 valence electrons. The molecule has 1 aliphatic carbocycles. The van der Waals surface area contributed by atoms with E-state index in [0.29, 0.717) is 13.2 Å². The molecule has 0 spiro atoms. The van der Waals surface area contributed by atoms with Crippen LogP contribution in [0.15, 0.2) is 0 Å². The summed E-state index contributed by atoms with van der Waals surface area (Å²) in [6.07, 6.45) is 7.28. The highest BCUT2D eigenvalue weighted by Crippen LogP contribution is 2.34. The molecule has 1 saturated carbocycles. The van der Waals surface area contributed by atoms with E-state index in [1.165, 1.54) is 19.3 Å². The van der Waals surface area contributed by atoms with E-state index in [1.807, 2.05) is 11.8 Å². The Balaban J connectivity index is 1.44.